The zero-order valence-electron chi connectivity index (χ0n) is 17.2. The summed E-state index contributed by atoms with van der Waals surface area (Å²) in [6.07, 6.45) is 7.94. The summed E-state index contributed by atoms with van der Waals surface area (Å²) in [6, 6.07) is 3.95. The lowest BCUT2D eigenvalue weighted by Crippen LogP contribution is -2.45. The number of pyridine rings is 1. The Kier molecular flexibility index (Phi) is 6.04. The van der Waals surface area contributed by atoms with Crippen molar-refractivity contribution in [2.24, 2.45) is 5.92 Å². The van der Waals surface area contributed by atoms with E-state index < -0.39 is 0 Å². The van der Waals surface area contributed by atoms with Gasteiger partial charge < -0.3 is 15.6 Å². The standard InChI is InChI=1S/C22H32N4O3/c1-2-19-18(9-10-20(27)25-19)22(29)23-12-17-8-7-16(26(17)13-14-3-4-14)11-21(28)24-15-5-6-15/h9-10,14-17H,2-8,11-13H2,1H3,(H,23,29)(H,24,28)(H,25,27)/t16-,17+/m1/s1. The van der Waals surface area contributed by atoms with E-state index in [1.54, 1.807) is 6.07 Å². The molecule has 0 spiro atoms. The zero-order chi connectivity index (χ0) is 20.4. The summed E-state index contributed by atoms with van der Waals surface area (Å²) >= 11 is 0. The molecule has 29 heavy (non-hydrogen) atoms. The first-order valence-corrected chi connectivity index (χ1v) is 11.1. The molecule has 4 rings (SSSR count). The van der Waals surface area contributed by atoms with Gasteiger partial charge in [0.05, 0.1) is 5.56 Å². The van der Waals surface area contributed by atoms with Gasteiger partial charge >= 0.3 is 0 Å². The molecule has 1 aromatic rings. The molecule has 2 heterocycles. The average Bonchev–Trinajstić information content (AvgIpc) is 3.62. The van der Waals surface area contributed by atoms with Gasteiger partial charge in [0.2, 0.25) is 11.5 Å². The Hall–Kier alpha value is -2.15. The summed E-state index contributed by atoms with van der Waals surface area (Å²) in [6.45, 7) is 3.53. The van der Waals surface area contributed by atoms with Crippen molar-refractivity contribution in [2.45, 2.75) is 76.4 Å². The number of nitrogens with zero attached hydrogens (tertiary/aromatic N) is 1. The Morgan fingerprint density at radius 2 is 1.86 bits per heavy atom. The molecular weight excluding hydrogens is 368 g/mol. The topological polar surface area (TPSA) is 94.3 Å². The number of amides is 2. The number of aromatic nitrogens is 1. The molecule has 0 unspecified atom stereocenters. The fourth-order valence-electron chi connectivity index (χ4n) is 4.39. The second kappa shape index (κ2) is 8.69. The van der Waals surface area contributed by atoms with Crippen LogP contribution in [0.1, 0.15) is 67.9 Å². The van der Waals surface area contributed by atoms with Crippen LogP contribution in [0.5, 0.6) is 0 Å². The van der Waals surface area contributed by atoms with Crippen molar-refractivity contribution < 1.29 is 9.59 Å². The van der Waals surface area contributed by atoms with Gasteiger partial charge in [0.15, 0.2) is 0 Å². The van der Waals surface area contributed by atoms with E-state index in [1.165, 1.54) is 18.9 Å². The highest BCUT2D eigenvalue weighted by molar-refractivity contribution is 5.95. The van der Waals surface area contributed by atoms with Crippen molar-refractivity contribution >= 4 is 11.8 Å². The van der Waals surface area contributed by atoms with Crippen molar-refractivity contribution in [3.63, 3.8) is 0 Å². The Bertz CT molecular complexity index is 813. The fraction of sp³-hybridized carbons (Fsp3) is 0.682. The fourth-order valence-corrected chi connectivity index (χ4v) is 4.39. The van der Waals surface area contributed by atoms with Gasteiger partial charge in [-0.1, -0.05) is 6.92 Å². The number of likely N-dealkylation sites (tertiary alicyclic amines) is 1. The smallest absolute Gasteiger partial charge is 0.253 e. The number of carbonyl (C=O) groups excluding carboxylic acids is 2. The third kappa shape index (κ3) is 5.26. The van der Waals surface area contributed by atoms with Gasteiger partial charge in [-0.25, -0.2) is 0 Å². The maximum atomic E-state index is 12.7. The normalized spacial score (nSPS) is 24.4. The van der Waals surface area contributed by atoms with Crippen molar-refractivity contribution in [3.8, 4) is 0 Å². The molecule has 0 bridgehead atoms. The minimum atomic E-state index is -0.183. The molecule has 1 aliphatic heterocycles. The summed E-state index contributed by atoms with van der Waals surface area (Å²) < 4.78 is 0. The monoisotopic (exact) mass is 400 g/mol. The minimum Gasteiger partial charge on any atom is -0.353 e. The highest BCUT2D eigenvalue weighted by atomic mass is 16.2. The van der Waals surface area contributed by atoms with Crippen LogP contribution >= 0.6 is 0 Å². The molecule has 2 atom stereocenters. The lowest BCUT2D eigenvalue weighted by Gasteiger charge is -2.30. The number of nitrogens with one attached hydrogen (secondary N) is 3. The molecule has 3 fully saturated rings. The second-order valence-corrected chi connectivity index (χ2v) is 8.85. The molecule has 2 aliphatic carbocycles. The van der Waals surface area contributed by atoms with Crippen LogP contribution in [0.2, 0.25) is 0 Å². The molecule has 0 radical (unpaired) electrons. The van der Waals surface area contributed by atoms with Crippen molar-refractivity contribution in [3.05, 3.63) is 33.7 Å². The van der Waals surface area contributed by atoms with Crippen molar-refractivity contribution in [1.29, 1.82) is 0 Å². The van der Waals surface area contributed by atoms with Gasteiger partial charge in [0.25, 0.3) is 5.91 Å². The number of aryl methyl sites for hydroxylation is 1. The van der Waals surface area contributed by atoms with Crippen LogP contribution in [0.3, 0.4) is 0 Å². The number of rotatable bonds is 9. The molecule has 3 N–H and O–H groups in total. The number of hydrogen-bond acceptors (Lipinski definition) is 4. The Labute approximate surface area is 171 Å². The van der Waals surface area contributed by atoms with Gasteiger partial charge in [-0.15, -0.1) is 0 Å². The van der Waals surface area contributed by atoms with Crippen LogP contribution in [0.25, 0.3) is 0 Å². The maximum Gasteiger partial charge on any atom is 0.253 e. The SMILES string of the molecule is CCc1[nH]c(=O)ccc1C(=O)NC[C@@H]1CC[C@H](CC(=O)NC2CC2)N1CC1CC1. The predicted octanol–water partition coefficient (Wildman–Crippen LogP) is 1.58. The van der Waals surface area contributed by atoms with E-state index in [1.807, 2.05) is 6.92 Å². The van der Waals surface area contributed by atoms with E-state index in [0.29, 0.717) is 36.7 Å². The molecule has 7 nitrogen and oxygen atoms in total. The summed E-state index contributed by atoms with van der Waals surface area (Å²) in [7, 11) is 0. The Balaban J connectivity index is 1.35. The number of carbonyl (C=O) groups is 2. The number of H-pyrrole nitrogens is 1. The molecular formula is C22H32N4O3. The Morgan fingerprint density at radius 3 is 2.55 bits per heavy atom. The quantitative estimate of drug-likeness (QED) is 0.587. The highest BCUT2D eigenvalue weighted by Gasteiger charge is 2.38. The molecule has 7 heteroatoms. The third-order valence-electron chi connectivity index (χ3n) is 6.40. The molecule has 0 aromatic carbocycles. The van der Waals surface area contributed by atoms with Gasteiger partial charge in [0.1, 0.15) is 0 Å². The van der Waals surface area contributed by atoms with Gasteiger partial charge in [0, 0.05) is 49.4 Å². The highest BCUT2D eigenvalue weighted by Crippen LogP contribution is 2.35. The van der Waals surface area contributed by atoms with E-state index in [-0.39, 0.29) is 29.5 Å². The van der Waals surface area contributed by atoms with Crippen LogP contribution in [-0.4, -0.2) is 52.9 Å². The van der Waals surface area contributed by atoms with Crippen LogP contribution in [0.15, 0.2) is 16.9 Å². The summed E-state index contributed by atoms with van der Waals surface area (Å²) in [5.74, 6) is 0.773. The minimum absolute atomic E-state index is 0.139. The molecule has 1 saturated heterocycles. The second-order valence-electron chi connectivity index (χ2n) is 8.85. The van der Waals surface area contributed by atoms with Gasteiger partial charge in [-0.3, -0.25) is 19.3 Å². The van der Waals surface area contributed by atoms with Crippen LogP contribution in [0.4, 0.5) is 0 Å². The third-order valence-corrected chi connectivity index (χ3v) is 6.40. The van der Waals surface area contributed by atoms with E-state index in [0.717, 1.165) is 38.1 Å². The van der Waals surface area contributed by atoms with E-state index >= 15 is 0 Å². The van der Waals surface area contributed by atoms with E-state index in [9.17, 15) is 14.4 Å². The molecule has 2 saturated carbocycles. The Morgan fingerprint density at radius 1 is 1.10 bits per heavy atom. The lowest BCUT2D eigenvalue weighted by molar-refractivity contribution is -0.122. The van der Waals surface area contributed by atoms with Crippen LogP contribution < -0.4 is 16.2 Å². The van der Waals surface area contributed by atoms with Crippen LogP contribution in [0, 0.1) is 5.92 Å². The lowest BCUT2D eigenvalue weighted by atomic mass is 10.1. The molecule has 1 aromatic heterocycles. The summed E-state index contributed by atoms with van der Waals surface area (Å²) in [5, 5.41) is 6.18. The van der Waals surface area contributed by atoms with Crippen molar-refractivity contribution in [1.82, 2.24) is 20.5 Å². The number of hydrogen-bond donors (Lipinski definition) is 3. The summed E-state index contributed by atoms with van der Waals surface area (Å²) in [4.78, 5) is 41.8. The first-order valence-electron chi connectivity index (χ1n) is 11.1. The maximum absolute atomic E-state index is 12.7. The van der Waals surface area contributed by atoms with Gasteiger partial charge in [-0.2, -0.15) is 0 Å². The molecule has 2 amide bonds. The van der Waals surface area contributed by atoms with Gasteiger partial charge in [-0.05, 0) is 56.9 Å². The van der Waals surface area contributed by atoms with E-state index in [4.69, 9.17) is 0 Å². The van der Waals surface area contributed by atoms with E-state index in [2.05, 4.69) is 20.5 Å². The first-order chi connectivity index (χ1) is 14.0. The predicted molar refractivity (Wildman–Crippen MR) is 111 cm³/mol. The number of aromatic amines is 1. The molecule has 3 aliphatic rings. The van der Waals surface area contributed by atoms with Crippen LogP contribution in [-0.2, 0) is 11.2 Å². The first kappa shape index (κ1) is 20.1. The largest absolute Gasteiger partial charge is 0.353 e. The summed E-state index contributed by atoms with van der Waals surface area (Å²) in [5.41, 5.74) is 1.03. The van der Waals surface area contributed by atoms with Crippen molar-refractivity contribution in [2.75, 3.05) is 13.1 Å². The average molecular weight is 401 g/mol. The zero-order valence-corrected chi connectivity index (χ0v) is 17.2. The molecule has 158 valence electrons.